The van der Waals surface area contributed by atoms with Crippen LogP contribution in [0.3, 0.4) is 0 Å². The number of hydrogen-bond donors (Lipinski definition) is 0. The maximum atomic E-state index is 14.3. The SMILES string of the molecule is Fc1ccc(N(c2ccc(Br)cc2)c2ccc3c(c2)c2cc(N(c4ccc(F)cc4)c4ccc(Br)cc4)ccc2n3-c2nc(-c3ccccc3)nc(-c3ccccc3)n2)cc1. The van der Waals surface area contributed by atoms with E-state index in [0.717, 1.165) is 76.0 Å². The van der Waals surface area contributed by atoms with Crippen molar-refractivity contribution in [3.05, 3.63) is 215 Å². The fourth-order valence-corrected chi connectivity index (χ4v) is 8.17. The second kappa shape index (κ2) is 16.2. The van der Waals surface area contributed by atoms with E-state index in [0.29, 0.717) is 17.6 Å². The van der Waals surface area contributed by atoms with Gasteiger partial charge in [-0.3, -0.25) is 4.57 Å². The summed E-state index contributed by atoms with van der Waals surface area (Å²) in [6.07, 6.45) is 0. The highest BCUT2D eigenvalue weighted by molar-refractivity contribution is 9.10. The molecule has 2 aromatic heterocycles. The Morgan fingerprint density at radius 3 is 1.10 bits per heavy atom. The number of fused-ring (bicyclic) bond motifs is 3. The van der Waals surface area contributed by atoms with Crippen molar-refractivity contribution in [2.75, 3.05) is 9.80 Å². The predicted octanol–water partition coefficient (Wildman–Crippen LogP) is 15.0. The maximum absolute atomic E-state index is 14.3. The number of nitrogens with zero attached hydrogens (tertiary/aromatic N) is 6. The average molecular weight is 927 g/mol. The lowest BCUT2D eigenvalue weighted by Gasteiger charge is -2.26. The molecule has 2 heterocycles. The van der Waals surface area contributed by atoms with Crippen molar-refractivity contribution < 1.29 is 8.78 Å². The molecule has 61 heavy (non-hydrogen) atoms. The van der Waals surface area contributed by atoms with Crippen molar-refractivity contribution >= 4 is 87.8 Å². The topological polar surface area (TPSA) is 50.1 Å². The molecule has 0 aliphatic rings. The normalized spacial score (nSPS) is 11.3. The Kier molecular flexibility index (Phi) is 10.2. The van der Waals surface area contributed by atoms with Crippen molar-refractivity contribution in [2.45, 2.75) is 0 Å². The van der Waals surface area contributed by atoms with E-state index in [1.165, 1.54) is 24.3 Å². The van der Waals surface area contributed by atoms with Gasteiger partial charge in [0.25, 0.3) is 0 Å². The first kappa shape index (κ1) is 38.2. The first-order valence-corrected chi connectivity index (χ1v) is 21.0. The highest BCUT2D eigenvalue weighted by Crippen LogP contribution is 2.43. The Morgan fingerprint density at radius 2 is 0.721 bits per heavy atom. The van der Waals surface area contributed by atoms with Gasteiger partial charge in [-0.1, -0.05) is 92.5 Å². The second-order valence-electron chi connectivity index (χ2n) is 14.3. The molecule has 0 bridgehead atoms. The summed E-state index contributed by atoms with van der Waals surface area (Å²) in [6, 6.07) is 61.5. The fourth-order valence-electron chi connectivity index (χ4n) is 7.65. The summed E-state index contributed by atoms with van der Waals surface area (Å²) in [5, 5.41) is 1.85. The van der Waals surface area contributed by atoms with Gasteiger partial charge in [0.2, 0.25) is 5.95 Å². The first-order chi connectivity index (χ1) is 29.9. The summed E-state index contributed by atoms with van der Waals surface area (Å²) in [5.41, 5.74) is 8.57. The van der Waals surface area contributed by atoms with Crippen LogP contribution in [0.4, 0.5) is 42.9 Å². The third-order valence-electron chi connectivity index (χ3n) is 10.5. The van der Waals surface area contributed by atoms with E-state index in [9.17, 15) is 8.78 Å². The molecule has 0 fully saturated rings. The monoisotopic (exact) mass is 924 g/mol. The number of aromatic nitrogens is 4. The van der Waals surface area contributed by atoms with Gasteiger partial charge in [-0.2, -0.15) is 9.97 Å². The first-order valence-electron chi connectivity index (χ1n) is 19.4. The molecule has 0 aliphatic heterocycles. The van der Waals surface area contributed by atoms with Crippen molar-refractivity contribution in [1.29, 1.82) is 0 Å². The standard InChI is InChI=1S/C51H32Br2F2N6/c52-35-11-19-39(20-12-35)59(41-23-15-37(54)16-24-41)43-27-29-47-45(31-43)46-32-44(60(40-21-13-36(53)14-22-40)42-25-17-38(55)18-26-42)28-30-48(46)61(47)51-57-49(33-7-3-1-4-8-33)56-50(58-51)34-9-5-2-6-10-34/h1-32H. The van der Waals surface area contributed by atoms with Gasteiger partial charge in [-0.25, -0.2) is 13.8 Å². The van der Waals surface area contributed by atoms with Crippen LogP contribution in [0.1, 0.15) is 0 Å². The maximum Gasteiger partial charge on any atom is 0.238 e. The fraction of sp³-hybridized carbons (Fsp3) is 0. The van der Waals surface area contributed by atoms with E-state index >= 15 is 0 Å². The lowest BCUT2D eigenvalue weighted by Crippen LogP contribution is -2.10. The zero-order valence-corrected chi connectivity index (χ0v) is 35.3. The molecule has 294 valence electrons. The minimum Gasteiger partial charge on any atom is -0.310 e. The van der Waals surface area contributed by atoms with Crippen LogP contribution in [0.2, 0.25) is 0 Å². The van der Waals surface area contributed by atoms with Gasteiger partial charge in [0, 0.05) is 65.0 Å². The van der Waals surface area contributed by atoms with Crippen molar-refractivity contribution in [1.82, 2.24) is 19.5 Å². The van der Waals surface area contributed by atoms with E-state index in [1.54, 1.807) is 24.3 Å². The molecular formula is C51H32Br2F2N6. The molecule has 8 aromatic carbocycles. The van der Waals surface area contributed by atoms with E-state index in [1.807, 2.05) is 109 Å². The third kappa shape index (κ3) is 7.56. The predicted molar refractivity (Wildman–Crippen MR) is 250 cm³/mol. The smallest absolute Gasteiger partial charge is 0.238 e. The summed E-state index contributed by atoms with van der Waals surface area (Å²) in [6.45, 7) is 0. The lowest BCUT2D eigenvalue weighted by atomic mass is 10.1. The molecule has 0 spiro atoms. The van der Waals surface area contributed by atoms with Crippen LogP contribution >= 0.6 is 31.9 Å². The van der Waals surface area contributed by atoms with Crippen LogP contribution < -0.4 is 9.80 Å². The molecule has 0 N–H and O–H groups in total. The van der Waals surface area contributed by atoms with Gasteiger partial charge in [-0.15, -0.1) is 0 Å². The molecule has 10 heteroatoms. The van der Waals surface area contributed by atoms with Crippen LogP contribution in [-0.2, 0) is 0 Å². The largest absolute Gasteiger partial charge is 0.310 e. The van der Waals surface area contributed by atoms with E-state index < -0.39 is 0 Å². The zero-order chi connectivity index (χ0) is 41.5. The van der Waals surface area contributed by atoms with Crippen LogP contribution in [0.5, 0.6) is 0 Å². The zero-order valence-electron chi connectivity index (χ0n) is 32.2. The van der Waals surface area contributed by atoms with Crippen LogP contribution in [0.15, 0.2) is 203 Å². The van der Waals surface area contributed by atoms with Crippen LogP contribution in [0.25, 0.3) is 50.5 Å². The number of anilines is 6. The number of halogens is 4. The molecule has 0 amide bonds. The van der Waals surface area contributed by atoms with Crippen LogP contribution in [-0.4, -0.2) is 19.5 Å². The quantitative estimate of drug-likeness (QED) is 0.144. The van der Waals surface area contributed by atoms with Crippen molar-refractivity contribution in [3.8, 4) is 28.7 Å². The number of benzene rings is 8. The minimum atomic E-state index is -0.316. The van der Waals surface area contributed by atoms with Crippen molar-refractivity contribution in [2.24, 2.45) is 0 Å². The average Bonchev–Trinajstić information content (AvgIpc) is 3.62. The van der Waals surface area contributed by atoms with Gasteiger partial charge in [-0.05, 0) is 133 Å². The summed E-state index contributed by atoms with van der Waals surface area (Å²) in [4.78, 5) is 19.5. The molecule has 0 aliphatic carbocycles. The summed E-state index contributed by atoms with van der Waals surface area (Å²) in [7, 11) is 0. The Hall–Kier alpha value is -7.01. The van der Waals surface area contributed by atoms with Gasteiger partial charge in [0.05, 0.1) is 11.0 Å². The molecule has 10 aromatic rings. The summed E-state index contributed by atoms with van der Waals surface area (Å²) < 4.78 is 32.7. The molecular weight excluding hydrogens is 894 g/mol. The van der Waals surface area contributed by atoms with Gasteiger partial charge in [0.15, 0.2) is 11.6 Å². The molecule has 0 radical (unpaired) electrons. The Bertz CT molecular complexity index is 2860. The second-order valence-corrected chi connectivity index (χ2v) is 16.2. The minimum absolute atomic E-state index is 0.316. The van der Waals surface area contributed by atoms with Crippen molar-refractivity contribution in [3.63, 3.8) is 0 Å². The molecule has 0 saturated heterocycles. The lowest BCUT2D eigenvalue weighted by molar-refractivity contribution is 0.627. The third-order valence-corrected chi connectivity index (χ3v) is 11.5. The number of rotatable bonds is 9. The number of hydrogen-bond acceptors (Lipinski definition) is 5. The van der Waals surface area contributed by atoms with E-state index in [-0.39, 0.29) is 11.6 Å². The van der Waals surface area contributed by atoms with Gasteiger partial charge >= 0.3 is 0 Å². The summed E-state index contributed by atoms with van der Waals surface area (Å²) in [5.74, 6) is 0.916. The molecule has 0 saturated carbocycles. The van der Waals surface area contributed by atoms with E-state index in [2.05, 4.69) is 82.6 Å². The Morgan fingerprint density at radius 1 is 0.377 bits per heavy atom. The molecule has 10 rings (SSSR count). The highest BCUT2D eigenvalue weighted by atomic mass is 79.9. The van der Waals surface area contributed by atoms with Gasteiger partial charge in [0.1, 0.15) is 11.6 Å². The highest BCUT2D eigenvalue weighted by Gasteiger charge is 2.22. The van der Waals surface area contributed by atoms with Gasteiger partial charge < -0.3 is 9.80 Å². The summed E-state index contributed by atoms with van der Waals surface area (Å²) >= 11 is 7.18. The molecule has 0 atom stereocenters. The van der Waals surface area contributed by atoms with E-state index in [4.69, 9.17) is 15.0 Å². The van der Waals surface area contributed by atoms with Crippen LogP contribution in [0, 0.1) is 11.6 Å². The molecule has 6 nitrogen and oxygen atoms in total. The Labute approximate surface area is 367 Å². The Balaban J connectivity index is 1.25. The molecule has 0 unspecified atom stereocenters.